The molecule has 0 saturated heterocycles. The first-order valence-electron chi connectivity index (χ1n) is 6.45. The molecule has 0 aromatic heterocycles. The van der Waals surface area contributed by atoms with Crippen LogP contribution in [0, 0.1) is 11.2 Å². The van der Waals surface area contributed by atoms with Gasteiger partial charge in [-0.3, -0.25) is 0 Å². The van der Waals surface area contributed by atoms with E-state index in [0.29, 0.717) is 6.54 Å². The molecule has 0 unspecified atom stereocenters. The topological polar surface area (TPSA) is 32.3 Å². The lowest BCUT2D eigenvalue weighted by atomic mass is 9.74. The summed E-state index contributed by atoms with van der Waals surface area (Å²) in [6.07, 6.45) is 5.69. The SMILES string of the molecule is OCC1(CNc2cc(F)ccc2Br)CCCCC1. The summed E-state index contributed by atoms with van der Waals surface area (Å²) in [4.78, 5) is 0. The highest BCUT2D eigenvalue weighted by Gasteiger charge is 2.31. The van der Waals surface area contributed by atoms with Crippen molar-refractivity contribution in [2.45, 2.75) is 32.1 Å². The maximum Gasteiger partial charge on any atom is 0.125 e. The van der Waals surface area contributed by atoms with Crippen LogP contribution >= 0.6 is 15.9 Å². The fraction of sp³-hybridized carbons (Fsp3) is 0.571. The number of aliphatic hydroxyl groups excluding tert-OH is 1. The van der Waals surface area contributed by atoms with Gasteiger partial charge in [0.15, 0.2) is 0 Å². The fourth-order valence-corrected chi connectivity index (χ4v) is 3.00. The second-order valence-electron chi connectivity index (χ2n) is 5.20. The van der Waals surface area contributed by atoms with Gasteiger partial charge in [0.25, 0.3) is 0 Å². The fourth-order valence-electron chi connectivity index (χ4n) is 2.61. The van der Waals surface area contributed by atoms with Crippen molar-refractivity contribution in [3.05, 3.63) is 28.5 Å². The van der Waals surface area contributed by atoms with Crippen molar-refractivity contribution in [3.63, 3.8) is 0 Å². The average Bonchev–Trinajstić information content (AvgIpc) is 2.41. The summed E-state index contributed by atoms with van der Waals surface area (Å²) >= 11 is 3.40. The lowest BCUT2D eigenvalue weighted by Crippen LogP contribution is -2.35. The number of hydrogen-bond acceptors (Lipinski definition) is 2. The number of hydrogen-bond donors (Lipinski definition) is 2. The van der Waals surface area contributed by atoms with E-state index in [1.165, 1.54) is 31.4 Å². The van der Waals surface area contributed by atoms with Gasteiger partial charge in [0.2, 0.25) is 0 Å². The van der Waals surface area contributed by atoms with Gasteiger partial charge in [-0.15, -0.1) is 0 Å². The Balaban J connectivity index is 2.03. The molecule has 1 aromatic rings. The molecule has 0 atom stereocenters. The third-order valence-corrected chi connectivity index (χ3v) is 4.52. The molecule has 4 heteroatoms. The third kappa shape index (κ3) is 3.23. The van der Waals surface area contributed by atoms with E-state index >= 15 is 0 Å². The monoisotopic (exact) mass is 315 g/mol. The van der Waals surface area contributed by atoms with Crippen LogP contribution in [0.2, 0.25) is 0 Å². The molecule has 0 radical (unpaired) electrons. The van der Waals surface area contributed by atoms with Crippen LogP contribution in [0.3, 0.4) is 0 Å². The number of benzene rings is 1. The molecule has 2 rings (SSSR count). The molecule has 2 N–H and O–H groups in total. The van der Waals surface area contributed by atoms with Gasteiger partial charge in [0, 0.05) is 16.4 Å². The third-order valence-electron chi connectivity index (χ3n) is 3.83. The normalized spacial score (nSPS) is 18.6. The Morgan fingerprint density at radius 2 is 2.00 bits per heavy atom. The predicted molar refractivity (Wildman–Crippen MR) is 75.2 cm³/mol. The van der Waals surface area contributed by atoms with Crippen molar-refractivity contribution in [2.75, 3.05) is 18.5 Å². The highest BCUT2D eigenvalue weighted by Crippen LogP contribution is 2.36. The summed E-state index contributed by atoms with van der Waals surface area (Å²) in [6.45, 7) is 0.901. The maximum absolute atomic E-state index is 13.2. The number of aliphatic hydroxyl groups is 1. The Morgan fingerprint density at radius 3 is 2.67 bits per heavy atom. The molecule has 0 aliphatic heterocycles. The van der Waals surface area contributed by atoms with Gasteiger partial charge in [-0.05, 0) is 47.0 Å². The zero-order valence-electron chi connectivity index (χ0n) is 10.4. The van der Waals surface area contributed by atoms with Crippen LogP contribution in [0.1, 0.15) is 32.1 Å². The largest absolute Gasteiger partial charge is 0.396 e. The first kappa shape index (κ1) is 13.8. The lowest BCUT2D eigenvalue weighted by Gasteiger charge is -2.36. The van der Waals surface area contributed by atoms with Crippen molar-refractivity contribution in [3.8, 4) is 0 Å². The van der Waals surface area contributed by atoms with E-state index in [4.69, 9.17) is 0 Å². The van der Waals surface area contributed by atoms with Crippen molar-refractivity contribution in [1.82, 2.24) is 0 Å². The summed E-state index contributed by atoms with van der Waals surface area (Å²) in [5.41, 5.74) is 0.720. The van der Waals surface area contributed by atoms with Gasteiger partial charge in [0.05, 0.1) is 12.3 Å². The van der Waals surface area contributed by atoms with Gasteiger partial charge in [-0.2, -0.15) is 0 Å². The van der Waals surface area contributed by atoms with Gasteiger partial charge < -0.3 is 10.4 Å². The quantitative estimate of drug-likeness (QED) is 0.882. The van der Waals surface area contributed by atoms with Crippen LogP contribution in [0.4, 0.5) is 10.1 Å². The highest BCUT2D eigenvalue weighted by atomic mass is 79.9. The van der Waals surface area contributed by atoms with E-state index in [9.17, 15) is 9.50 Å². The predicted octanol–water partition coefficient (Wildman–Crippen LogP) is 3.94. The van der Waals surface area contributed by atoms with Crippen molar-refractivity contribution < 1.29 is 9.50 Å². The summed E-state index contributed by atoms with van der Waals surface area (Å²) in [7, 11) is 0. The minimum absolute atomic E-state index is 0.0377. The van der Waals surface area contributed by atoms with E-state index in [2.05, 4.69) is 21.2 Å². The average molecular weight is 316 g/mol. The van der Waals surface area contributed by atoms with Crippen LogP contribution < -0.4 is 5.32 Å². The van der Waals surface area contributed by atoms with Gasteiger partial charge in [-0.25, -0.2) is 4.39 Å². The summed E-state index contributed by atoms with van der Waals surface area (Å²) in [5.74, 6) is -0.248. The molecule has 1 aliphatic carbocycles. The highest BCUT2D eigenvalue weighted by molar-refractivity contribution is 9.10. The second kappa shape index (κ2) is 6.02. The van der Waals surface area contributed by atoms with Crippen LogP contribution in [0.15, 0.2) is 22.7 Å². The number of rotatable bonds is 4. The molecule has 2 nitrogen and oxygen atoms in total. The molecule has 1 aromatic carbocycles. The summed E-state index contributed by atoms with van der Waals surface area (Å²) in [6, 6.07) is 4.61. The smallest absolute Gasteiger partial charge is 0.125 e. The Hall–Kier alpha value is -0.610. The summed E-state index contributed by atoms with van der Waals surface area (Å²) in [5, 5.41) is 12.9. The Kier molecular flexibility index (Phi) is 4.62. The second-order valence-corrected chi connectivity index (χ2v) is 6.05. The molecular formula is C14H19BrFNO. The molecule has 1 aliphatic rings. The molecule has 100 valence electrons. The standard InChI is InChI=1S/C14H19BrFNO/c15-12-5-4-11(16)8-13(12)17-9-14(10-18)6-2-1-3-7-14/h4-5,8,17-18H,1-3,6-7,9-10H2. The van der Waals surface area contributed by atoms with Crippen LogP contribution in [-0.2, 0) is 0 Å². The van der Waals surface area contributed by atoms with Gasteiger partial charge in [-0.1, -0.05) is 19.3 Å². The van der Waals surface area contributed by atoms with Crippen LogP contribution in [0.25, 0.3) is 0 Å². The molecule has 0 spiro atoms. The molecule has 0 bridgehead atoms. The van der Waals surface area contributed by atoms with Gasteiger partial charge >= 0.3 is 0 Å². The lowest BCUT2D eigenvalue weighted by molar-refractivity contribution is 0.0944. The van der Waals surface area contributed by atoms with E-state index in [0.717, 1.165) is 23.0 Å². The number of anilines is 1. The zero-order valence-corrected chi connectivity index (χ0v) is 12.0. The minimum Gasteiger partial charge on any atom is -0.396 e. The van der Waals surface area contributed by atoms with E-state index in [1.54, 1.807) is 6.07 Å². The molecular weight excluding hydrogens is 297 g/mol. The van der Waals surface area contributed by atoms with E-state index < -0.39 is 0 Å². The van der Waals surface area contributed by atoms with Crippen LogP contribution in [0.5, 0.6) is 0 Å². The van der Waals surface area contributed by atoms with Gasteiger partial charge in [0.1, 0.15) is 5.82 Å². The van der Waals surface area contributed by atoms with Crippen molar-refractivity contribution in [2.24, 2.45) is 5.41 Å². The molecule has 0 amide bonds. The number of halogens is 2. The first-order chi connectivity index (χ1) is 8.65. The van der Waals surface area contributed by atoms with E-state index in [1.807, 2.05) is 0 Å². The van der Waals surface area contributed by atoms with Crippen molar-refractivity contribution in [1.29, 1.82) is 0 Å². The van der Waals surface area contributed by atoms with Crippen LogP contribution in [-0.4, -0.2) is 18.3 Å². The molecule has 0 heterocycles. The van der Waals surface area contributed by atoms with Crippen molar-refractivity contribution >= 4 is 21.6 Å². The Morgan fingerprint density at radius 1 is 1.28 bits per heavy atom. The molecule has 18 heavy (non-hydrogen) atoms. The Labute approximate surface area is 116 Å². The number of nitrogens with one attached hydrogen (secondary N) is 1. The minimum atomic E-state index is -0.248. The Bertz CT molecular complexity index is 405. The molecule has 1 fully saturated rings. The first-order valence-corrected chi connectivity index (χ1v) is 7.24. The zero-order chi connectivity index (χ0) is 13.0. The maximum atomic E-state index is 13.2. The molecule has 1 saturated carbocycles. The summed E-state index contributed by atoms with van der Waals surface area (Å²) < 4.78 is 14.0. The van der Waals surface area contributed by atoms with E-state index in [-0.39, 0.29) is 17.8 Å².